The van der Waals surface area contributed by atoms with E-state index in [4.69, 9.17) is 24.4 Å². The molecule has 0 saturated heterocycles. The summed E-state index contributed by atoms with van der Waals surface area (Å²) in [4.78, 5) is 21.9. The topological polar surface area (TPSA) is 112 Å². The summed E-state index contributed by atoms with van der Waals surface area (Å²) in [5.41, 5.74) is -0.377. The summed E-state index contributed by atoms with van der Waals surface area (Å²) >= 11 is 0. The maximum Gasteiger partial charge on any atom is 0.432 e. The Morgan fingerprint density at radius 1 is 0.431 bits per heavy atom. The third-order valence-electron chi connectivity index (χ3n) is 11.4. The van der Waals surface area contributed by atoms with Gasteiger partial charge in [-0.15, -0.1) is 0 Å². The van der Waals surface area contributed by atoms with Crippen molar-refractivity contribution in [3.63, 3.8) is 0 Å². The molecule has 0 radical (unpaired) electrons. The Kier molecular flexibility index (Phi) is 27.8. The summed E-state index contributed by atoms with van der Waals surface area (Å²) in [5, 5.41) is 17.5. The first kappa shape index (κ1) is 60.6. The minimum atomic E-state index is -4.20. The average Bonchev–Trinajstić information content (AvgIpc) is 3.33. The van der Waals surface area contributed by atoms with Crippen LogP contribution in [0, 0.1) is 23.3 Å². The van der Waals surface area contributed by atoms with Crippen molar-refractivity contribution in [2.45, 2.75) is 141 Å². The molecule has 4 aromatic carbocycles. The Morgan fingerprint density at radius 3 is 1.00 bits per heavy atom. The average molecular weight is 1020 g/mol. The molecule has 16 heteroatoms. The van der Waals surface area contributed by atoms with E-state index >= 15 is 0 Å². The Bertz CT molecular complexity index is 2190. The molecule has 0 atom stereocenters. The van der Waals surface area contributed by atoms with Crippen LogP contribution in [0.1, 0.15) is 136 Å². The Morgan fingerprint density at radius 2 is 0.708 bits per heavy atom. The van der Waals surface area contributed by atoms with Crippen molar-refractivity contribution in [1.82, 2.24) is 0 Å². The molecular formula is C56H68F8O8. The predicted octanol–water partition coefficient (Wildman–Crippen LogP) is 14.0. The third kappa shape index (κ3) is 22.8. The fraction of sp³-hybridized carbons (Fsp3) is 0.464. The summed E-state index contributed by atoms with van der Waals surface area (Å²) in [7, 11) is 0. The zero-order chi connectivity index (χ0) is 52.8. The molecule has 4 rings (SSSR count). The minimum Gasteiger partial charge on any atom is -0.463 e. The number of aryl methyl sites for hydroxylation is 4. The van der Waals surface area contributed by atoms with Gasteiger partial charge in [-0.2, -0.15) is 17.6 Å². The van der Waals surface area contributed by atoms with E-state index in [0.717, 1.165) is 137 Å². The number of aliphatic hydroxyl groups excluding tert-OH is 2. The molecule has 2 N–H and O–H groups in total. The molecule has 0 fully saturated rings. The van der Waals surface area contributed by atoms with Gasteiger partial charge in [0.1, 0.15) is 45.9 Å². The van der Waals surface area contributed by atoms with Gasteiger partial charge in [-0.3, -0.25) is 0 Å². The largest absolute Gasteiger partial charge is 0.463 e. The third-order valence-corrected chi connectivity index (χ3v) is 11.4. The molecule has 396 valence electrons. The highest BCUT2D eigenvalue weighted by Crippen LogP contribution is 2.37. The van der Waals surface area contributed by atoms with Crippen LogP contribution in [0.5, 0.6) is 11.5 Å². The smallest absolute Gasteiger partial charge is 0.432 e. The number of hydrogen-bond acceptors (Lipinski definition) is 8. The van der Waals surface area contributed by atoms with Crippen LogP contribution >= 0.6 is 0 Å². The molecule has 72 heavy (non-hydrogen) atoms. The van der Waals surface area contributed by atoms with Crippen LogP contribution in [0.25, 0.3) is 0 Å². The first-order chi connectivity index (χ1) is 34.5. The van der Waals surface area contributed by atoms with Crippen LogP contribution in [0.4, 0.5) is 35.1 Å². The van der Waals surface area contributed by atoms with Crippen LogP contribution in [0.2, 0.25) is 0 Å². The number of esters is 2. The van der Waals surface area contributed by atoms with Gasteiger partial charge in [-0.05, 0) is 148 Å². The summed E-state index contributed by atoms with van der Waals surface area (Å²) in [6, 6.07) is 15.7. The number of unbranched alkanes of at least 4 members (excludes halogenated alkanes) is 12. The van der Waals surface area contributed by atoms with Crippen molar-refractivity contribution in [3.8, 4) is 11.5 Å². The van der Waals surface area contributed by atoms with Gasteiger partial charge in [-0.1, -0.05) is 88.8 Å². The van der Waals surface area contributed by atoms with Gasteiger partial charge in [0.2, 0.25) is 0 Å². The molecule has 0 aliphatic carbocycles. The van der Waals surface area contributed by atoms with Crippen molar-refractivity contribution in [3.05, 3.63) is 155 Å². The first-order valence-corrected chi connectivity index (χ1v) is 24.6. The zero-order valence-corrected chi connectivity index (χ0v) is 40.8. The number of carbonyl (C=O) groups excluding carboxylic acids is 2. The lowest BCUT2D eigenvalue weighted by Crippen LogP contribution is -2.25. The molecule has 4 aromatic rings. The molecule has 0 saturated carbocycles. The number of aliphatic hydroxyl groups is 2. The molecule has 0 bridgehead atoms. The van der Waals surface area contributed by atoms with E-state index < -0.39 is 58.6 Å². The van der Waals surface area contributed by atoms with Crippen molar-refractivity contribution in [2.24, 2.45) is 0 Å². The van der Waals surface area contributed by atoms with E-state index in [2.05, 4.69) is 17.9 Å². The Balaban J connectivity index is 0.000000390. The Hall–Kier alpha value is -5.74. The molecule has 0 aromatic heterocycles. The Labute approximate surface area is 418 Å². The van der Waals surface area contributed by atoms with Crippen LogP contribution in [0.15, 0.2) is 98.1 Å². The van der Waals surface area contributed by atoms with Gasteiger partial charge >= 0.3 is 24.2 Å². The molecule has 0 unspecified atom stereocenters. The SMILES string of the molecule is C=CC(=O)OCCCCCCc1ccc(OC(F)(F)c2c(F)cc(CCCCCCOC(=O)C=C)cc2F)cc1.OCCCCCCc1ccc(OC(F)(F)c2c(F)cc(CCCCCCO)cc2F)cc1. The van der Waals surface area contributed by atoms with Crippen molar-refractivity contribution < 1.29 is 73.9 Å². The second kappa shape index (κ2) is 33.1. The van der Waals surface area contributed by atoms with E-state index in [-0.39, 0.29) is 36.9 Å². The molecule has 0 heterocycles. The van der Waals surface area contributed by atoms with Crippen molar-refractivity contribution in [2.75, 3.05) is 26.4 Å². The number of benzene rings is 4. The van der Waals surface area contributed by atoms with Crippen LogP contribution in [-0.2, 0) is 57.0 Å². The number of carbonyl (C=O) groups is 2. The van der Waals surface area contributed by atoms with Gasteiger partial charge < -0.3 is 29.2 Å². The summed E-state index contributed by atoms with van der Waals surface area (Å²) < 4.78 is 136. The van der Waals surface area contributed by atoms with Crippen LogP contribution < -0.4 is 9.47 Å². The van der Waals surface area contributed by atoms with E-state index in [0.29, 0.717) is 50.7 Å². The molecule has 0 amide bonds. The van der Waals surface area contributed by atoms with Gasteiger partial charge in [0.25, 0.3) is 0 Å². The lowest BCUT2D eigenvalue weighted by Gasteiger charge is -2.20. The van der Waals surface area contributed by atoms with E-state index in [1.807, 2.05) is 0 Å². The van der Waals surface area contributed by atoms with Crippen LogP contribution in [-0.4, -0.2) is 48.6 Å². The summed E-state index contributed by atoms with van der Waals surface area (Å²) in [5.74, 6) is -6.72. The van der Waals surface area contributed by atoms with Crippen molar-refractivity contribution >= 4 is 11.9 Å². The fourth-order valence-corrected chi connectivity index (χ4v) is 7.56. The molecule has 0 aliphatic rings. The highest BCUT2D eigenvalue weighted by Gasteiger charge is 2.42. The van der Waals surface area contributed by atoms with E-state index in [1.54, 1.807) is 24.3 Å². The maximum atomic E-state index is 14.7. The van der Waals surface area contributed by atoms with Gasteiger partial charge in [-0.25, -0.2) is 27.2 Å². The maximum absolute atomic E-state index is 14.7. The highest BCUT2D eigenvalue weighted by molar-refractivity contribution is 5.81. The standard InChI is InChI=1S/C31H36F4O5.C25H32F4O3/c1-3-28(36)38-19-11-7-5-9-13-23-15-17-25(18-16-23)40-31(34,35)30-26(32)21-24(22-27(30)33)14-10-6-8-12-20-39-29(37)4-2;26-22-17-20(10-6-2-4-8-16-31)18-23(27)24(22)25(28,29)32-21-13-11-19(12-14-21)9-5-1-3-7-15-30/h3-4,15-18,21-22H,1-2,5-14,19-20H2;11-14,17-18,30-31H,1-10,15-16H2. The van der Waals surface area contributed by atoms with Gasteiger partial charge in [0, 0.05) is 25.4 Å². The summed E-state index contributed by atoms with van der Waals surface area (Å²) in [6.07, 6.45) is 8.59. The monoisotopic (exact) mass is 1020 g/mol. The minimum absolute atomic E-state index is 0.0984. The lowest BCUT2D eigenvalue weighted by molar-refractivity contribution is -0.190. The number of alkyl halides is 4. The highest BCUT2D eigenvalue weighted by atomic mass is 19.3. The fourth-order valence-electron chi connectivity index (χ4n) is 7.56. The van der Waals surface area contributed by atoms with Crippen molar-refractivity contribution in [1.29, 1.82) is 0 Å². The number of hydrogen-bond donors (Lipinski definition) is 2. The quantitative estimate of drug-likeness (QED) is 0.0206. The zero-order valence-electron chi connectivity index (χ0n) is 40.8. The van der Waals surface area contributed by atoms with E-state index in [9.17, 15) is 44.7 Å². The van der Waals surface area contributed by atoms with Crippen LogP contribution in [0.3, 0.4) is 0 Å². The molecule has 8 nitrogen and oxygen atoms in total. The number of halogens is 8. The number of ether oxygens (including phenoxy) is 4. The molecule has 0 spiro atoms. The van der Waals surface area contributed by atoms with Gasteiger partial charge in [0.15, 0.2) is 0 Å². The second-order valence-electron chi connectivity index (χ2n) is 17.2. The van der Waals surface area contributed by atoms with Gasteiger partial charge in [0.05, 0.1) is 13.2 Å². The lowest BCUT2D eigenvalue weighted by atomic mass is 10.0. The second-order valence-corrected chi connectivity index (χ2v) is 17.2. The summed E-state index contributed by atoms with van der Waals surface area (Å²) in [6.45, 7) is 7.51. The molecule has 0 aliphatic heterocycles. The predicted molar refractivity (Wildman–Crippen MR) is 260 cm³/mol. The molecular weight excluding hydrogens is 953 g/mol. The number of rotatable bonds is 34. The first-order valence-electron chi connectivity index (χ1n) is 24.6. The van der Waals surface area contributed by atoms with E-state index in [1.165, 1.54) is 24.3 Å². The normalized spacial score (nSPS) is 11.4.